The van der Waals surface area contributed by atoms with Crippen LogP contribution in [-0.2, 0) is 5.41 Å². The van der Waals surface area contributed by atoms with Crippen molar-refractivity contribution in [3.63, 3.8) is 0 Å². The maximum absolute atomic E-state index is 12.1. The quantitative estimate of drug-likeness (QED) is 0.503. The normalized spacial score (nSPS) is 11.4. The number of ether oxygens (including phenoxy) is 1. The van der Waals surface area contributed by atoms with Gasteiger partial charge in [0, 0.05) is 17.2 Å². The van der Waals surface area contributed by atoms with E-state index in [1.54, 1.807) is 18.2 Å². The molecule has 7 nitrogen and oxygen atoms in total. The minimum atomic E-state index is -0.536. The van der Waals surface area contributed by atoms with Crippen LogP contribution >= 0.6 is 0 Å². The van der Waals surface area contributed by atoms with E-state index in [0.29, 0.717) is 11.1 Å². The van der Waals surface area contributed by atoms with E-state index in [0.717, 1.165) is 5.56 Å². The van der Waals surface area contributed by atoms with E-state index in [1.165, 1.54) is 25.5 Å². The SMILES string of the molecule is COc1ccc(/C=N/NC(=O)c2ccc(C(C)(C)C)cc2)cc1[N+](=O)[O-]. The largest absolute Gasteiger partial charge is 0.490 e. The van der Waals surface area contributed by atoms with Crippen LogP contribution in [0.1, 0.15) is 42.3 Å². The topological polar surface area (TPSA) is 93.8 Å². The van der Waals surface area contributed by atoms with Crippen molar-refractivity contribution in [1.29, 1.82) is 0 Å². The maximum atomic E-state index is 12.1. The lowest BCUT2D eigenvalue weighted by atomic mass is 9.87. The van der Waals surface area contributed by atoms with Crippen LogP contribution in [0.15, 0.2) is 47.6 Å². The smallest absolute Gasteiger partial charge is 0.311 e. The minimum Gasteiger partial charge on any atom is -0.490 e. The summed E-state index contributed by atoms with van der Waals surface area (Å²) in [6, 6.07) is 11.7. The van der Waals surface area contributed by atoms with Crippen molar-refractivity contribution in [1.82, 2.24) is 5.43 Å². The molecular weight excluding hydrogens is 334 g/mol. The highest BCUT2D eigenvalue weighted by atomic mass is 16.6. The minimum absolute atomic E-state index is 0.0102. The molecular formula is C19H21N3O4. The third kappa shape index (κ3) is 4.66. The summed E-state index contributed by atoms with van der Waals surface area (Å²) in [4.78, 5) is 22.6. The molecule has 0 aromatic heterocycles. The molecule has 0 aliphatic rings. The molecule has 0 radical (unpaired) electrons. The Morgan fingerprint density at radius 3 is 2.38 bits per heavy atom. The first-order valence-corrected chi connectivity index (χ1v) is 7.99. The van der Waals surface area contributed by atoms with Crippen LogP contribution in [0, 0.1) is 10.1 Å². The Hall–Kier alpha value is -3.22. The second-order valence-electron chi connectivity index (χ2n) is 6.71. The summed E-state index contributed by atoms with van der Waals surface area (Å²) in [5.74, 6) is -0.195. The fraction of sp³-hybridized carbons (Fsp3) is 0.263. The van der Waals surface area contributed by atoms with Crippen molar-refractivity contribution >= 4 is 17.8 Å². The Bertz CT molecular complexity index is 837. The number of benzene rings is 2. The Morgan fingerprint density at radius 1 is 1.19 bits per heavy atom. The number of methoxy groups -OCH3 is 1. The van der Waals surface area contributed by atoms with Gasteiger partial charge in [-0.05, 0) is 35.2 Å². The van der Waals surface area contributed by atoms with Crippen LogP contribution in [0.4, 0.5) is 5.69 Å². The summed E-state index contributed by atoms with van der Waals surface area (Å²) < 4.78 is 4.94. The van der Waals surface area contributed by atoms with Crippen LogP contribution in [-0.4, -0.2) is 24.2 Å². The van der Waals surface area contributed by atoms with Crippen molar-refractivity contribution in [2.75, 3.05) is 7.11 Å². The van der Waals surface area contributed by atoms with E-state index >= 15 is 0 Å². The maximum Gasteiger partial charge on any atom is 0.311 e. The molecule has 7 heteroatoms. The number of hydrogen-bond donors (Lipinski definition) is 1. The lowest BCUT2D eigenvalue weighted by Gasteiger charge is -2.18. The van der Waals surface area contributed by atoms with E-state index in [9.17, 15) is 14.9 Å². The summed E-state index contributed by atoms with van der Waals surface area (Å²) in [5, 5.41) is 14.9. The van der Waals surface area contributed by atoms with Gasteiger partial charge in [0.05, 0.1) is 18.2 Å². The van der Waals surface area contributed by atoms with Crippen LogP contribution in [0.2, 0.25) is 0 Å². The summed E-state index contributed by atoms with van der Waals surface area (Å²) in [6.07, 6.45) is 1.34. The molecule has 1 amide bonds. The van der Waals surface area contributed by atoms with Gasteiger partial charge in [-0.15, -0.1) is 0 Å². The second-order valence-corrected chi connectivity index (χ2v) is 6.71. The Labute approximate surface area is 151 Å². The van der Waals surface area contributed by atoms with Gasteiger partial charge in [0.2, 0.25) is 0 Å². The number of hydrogen-bond acceptors (Lipinski definition) is 5. The van der Waals surface area contributed by atoms with Gasteiger partial charge in [0.1, 0.15) is 0 Å². The fourth-order valence-corrected chi connectivity index (χ4v) is 2.28. The number of carbonyl (C=O) groups excluding carboxylic acids is 1. The summed E-state index contributed by atoms with van der Waals surface area (Å²) in [7, 11) is 1.36. The molecule has 2 aromatic carbocycles. The van der Waals surface area contributed by atoms with Gasteiger partial charge in [0.25, 0.3) is 5.91 Å². The lowest BCUT2D eigenvalue weighted by Crippen LogP contribution is -2.18. The van der Waals surface area contributed by atoms with Crippen LogP contribution in [0.5, 0.6) is 5.75 Å². The standard InChI is InChI=1S/C19H21N3O4/c1-19(2,3)15-8-6-14(7-9-15)18(23)21-20-12-13-5-10-17(26-4)16(11-13)22(24)25/h5-12H,1-4H3,(H,21,23)/b20-12+. The second kappa shape index (κ2) is 7.77. The molecule has 0 spiro atoms. The molecule has 0 saturated heterocycles. The third-order valence-electron chi connectivity index (χ3n) is 3.79. The Balaban J connectivity index is 2.07. The molecule has 0 aliphatic heterocycles. The van der Waals surface area contributed by atoms with Crippen LogP contribution in [0.3, 0.4) is 0 Å². The highest BCUT2D eigenvalue weighted by Gasteiger charge is 2.15. The molecule has 2 rings (SSSR count). The summed E-state index contributed by atoms with van der Waals surface area (Å²) in [6.45, 7) is 6.29. The van der Waals surface area contributed by atoms with Gasteiger partial charge >= 0.3 is 5.69 Å². The highest BCUT2D eigenvalue weighted by molar-refractivity contribution is 5.95. The molecule has 0 atom stereocenters. The zero-order valence-corrected chi connectivity index (χ0v) is 15.1. The van der Waals surface area contributed by atoms with E-state index in [2.05, 4.69) is 31.3 Å². The molecule has 0 aliphatic carbocycles. The zero-order chi connectivity index (χ0) is 19.3. The molecule has 0 bridgehead atoms. The fourth-order valence-electron chi connectivity index (χ4n) is 2.28. The number of hydrazone groups is 1. The van der Waals surface area contributed by atoms with Crippen molar-refractivity contribution in [2.24, 2.45) is 5.10 Å². The van der Waals surface area contributed by atoms with Gasteiger partial charge in [0.15, 0.2) is 5.75 Å². The summed E-state index contributed by atoms with van der Waals surface area (Å²) in [5.41, 5.74) is 4.34. The molecule has 0 fully saturated rings. The Kier molecular flexibility index (Phi) is 5.71. The van der Waals surface area contributed by atoms with Crippen molar-refractivity contribution < 1.29 is 14.5 Å². The van der Waals surface area contributed by atoms with E-state index in [-0.39, 0.29) is 22.8 Å². The molecule has 0 heterocycles. The molecule has 1 N–H and O–H groups in total. The highest BCUT2D eigenvalue weighted by Crippen LogP contribution is 2.26. The number of nitro benzene ring substituents is 1. The van der Waals surface area contributed by atoms with E-state index in [4.69, 9.17) is 4.74 Å². The van der Waals surface area contributed by atoms with Crippen molar-refractivity contribution in [2.45, 2.75) is 26.2 Å². The first kappa shape index (κ1) is 19.1. The van der Waals surface area contributed by atoms with Gasteiger partial charge < -0.3 is 4.74 Å². The first-order valence-electron chi connectivity index (χ1n) is 7.99. The van der Waals surface area contributed by atoms with Crippen molar-refractivity contribution in [3.8, 4) is 5.75 Å². The molecule has 0 saturated carbocycles. The van der Waals surface area contributed by atoms with Gasteiger partial charge in [-0.25, -0.2) is 5.43 Å². The number of rotatable bonds is 5. The van der Waals surface area contributed by atoms with E-state index in [1.807, 2.05) is 12.1 Å². The monoisotopic (exact) mass is 355 g/mol. The first-order chi connectivity index (χ1) is 12.2. The average molecular weight is 355 g/mol. The van der Waals surface area contributed by atoms with Gasteiger partial charge in [-0.1, -0.05) is 32.9 Å². The number of amides is 1. The molecule has 26 heavy (non-hydrogen) atoms. The van der Waals surface area contributed by atoms with Crippen molar-refractivity contribution in [3.05, 3.63) is 69.3 Å². The predicted octanol–water partition coefficient (Wildman–Crippen LogP) is 3.66. The van der Waals surface area contributed by atoms with Crippen LogP contribution in [0.25, 0.3) is 0 Å². The van der Waals surface area contributed by atoms with Gasteiger partial charge in [-0.3, -0.25) is 14.9 Å². The number of nitrogens with one attached hydrogen (secondary N) is 1. The Morgan fingerprint density at radius 2 is 1.85 bits per heavy atom. The molecule has 0 unspecified atom stereocenters. The summed E-state index contributed by atoms with van der Waals surface area (Å²) >= 11 is 0. The molecule has 136 valence electrons. The predicted molar refractivity (Wildman–Crippen MR) is 99.9 cm³/mol. The lowest BCUT2D eigenvalue weighted by molar-refractivity contribution is -0.385. The van der Waals surface area contributed by atoms with E-state index < -0.39 is 4.92 Å². The third-order valence-corrected chi connectivity index (χ3v) is 3.79. The zero-order valence-electron chi connectivity index (χ0n) is 15.1. The van der Waals surface area contributed by atoms with Gasteiger partial charge in [-0.2, -0.15) is 5.10 Å². The number of carbonyl (C=O) groups is 1. The van der Waals surface area contributed by atoms with Crippen LogP contribution < -0.4 is 10.2 Å². The average Bonchev–Trinajstić information content (AvgIpc) is 2.60. The number of nitrogens with zero attached hydrogens (tertiary/aromatic N) is 2. The molecule has 2 aromatic rings. The number of nitro groups is 1.